The molecule has 0 saturated heterocycles. The predicted octanol–water partition coefficient (Wildman–Crippen LogP) is -1.83. The van der Waals surface area contributed by atoms with E-state index in [1.54, 1.807) is 0 Å². The third kappa shape index (κ3) is 0.123. The molecule has 0 fully saturated rings. The van der Waals surface area contributed by atoms with Gasteiger partial charge in [-0.05, 0) is 0 Å². The largest absolute Gasteiger partial charge is 0.150 e. The molecule has 4 heavy (non-hydrogen) atoms. The summed E-state index contributed by atoms with van der Waals surface area (Å²) >= 11 is 0. The highest BCUT2D eigenvalue weighted by Gasteiger charge is 1.82. The second kappa shape index (κ2) is 0.746. The van der Waals surface area contributed by atoms with Crippen LogP contribution >= 0.6 is 0 Å². The molecule has 0 aromatic carbocycles. The third-order valence-electron chi connectivity index (χ3n) is 0.500. The lowest BCUT2D eigenvalue weighted by Crippen LogP contribution is -2.06. The second-order valence-corrected chi connectivity index (χ2v) is 5.56. The van der Waals surface area contributed by atoms with Gasteiger partial charge in [-0.3, -0.25) is 0 Å². The van der Waals surface area contributed by atoms with Crippen LogP contribution in [0.25, 0.3) is 0 Å². The lowest BCUT2D eigenvalue weighted by molar-refractivity contribution is 2.80. The van der Waals surface area contributed by atoms with Crippen LogP contribution in [0.4, 0.5) is 0 Å². The number of rotatable bonds is 0. The van der Waals surface area contributed by atoms with Gasteiger partial charge in [-0.15, -0.1) is 11.1 Å². The molecule has 1 rings (SSSR count). The summed E-state index contributed by atoms with van der Waals surface area (Å²) in [6, 6.07) is 0. The Morgan fingerprint density at radius 2 is 1.25 bits per heavy atom. The van der Waals surface area contributed by atoms with Crippen LogP contribution in [0.5, 0.6) is 0 Å². The molecule has 0 aromatic heterocycles. The normalized spacial score (nSPS) is 28.0. The summed E-state index contributed by atoms with van der Waals surface area (Å²) in [5, 5.41) is 0. The molecule has 1 aliphatic heterocycles. The topological polar surface area (TPSA) is 0 Å². The molecular weight excluding hydrogens is 80.2 g/mol. The van der Waals surface area contributed by atoms with Gasteiger partial charge in [0.25, 0.3) is 0 Å². The highest BCUT2D eigenvalue weighted by molar-refractivity contribution is 7.13. The Morgan fingerprint density at radius 3 is 1.25 bits per heavy atom. The Hall–Kier alpha value is -0.00623. The minimum absolute atomic E-state index is 0.383. The first-order chi connectivity index (χ1) is 2.00. The van der Waals surface area contributed by atoms with Crippen molar-refractivity contribution in [3.63, 3.8) is 0 Å². The first-order valence-electron chi connectivity index (χ1n) is 1.46. The Morgan fingerprint density at radius 1 is 1.00 bits per heavy atom. The van der Waals surface area contributed by atoms with E-state index < -0.39 is 0 Å². The van der Waals surface area contributed by atoms with Gasteiger partial charge in [-0.25, -0.2) is 0 Å². The first-order valence-corrected chi connectivity index (χ1v) is 6.87. The quantitative estimate of drug-likeness (QED) is 0.239. The molecule has 0 aromatic rings. The highest BCUT2D eigenvalue weighted by Crippen LogP contribution is 1.60. The number of hydrogen-bond acceptors (Lipinski definition) is 0. The average molecular weight is 84.2 g/mol. The van der Waals surface area contributed by atoms with Crippen LogP contribution < -0.4 is 0 Å². The van der Waals surface area contributed by atoms with Crippen molar-refractivity contribution in [2.45, 2.75) is 0 Å². The molecule has 0 unspecified atom stereocenters. The summed E-state index contributed by atoms with van der Waals surface area (Å²) in [7, 11) is 0.765. The summed E-state index contributed by atoms with van der Waals surface area (Å²) in [5.41, 5.74) is 6.12. The van der Waals surface area contributed by atoms with Crippen LogP contribution in [0.15, 0.2) is 0 Å². The minimum Gasteiger partial charge on any atom is -0.150 e. The van der Waals surface area contributed by atoms with Crippen molar-refractivity contribution < 1.29 is 0 Å². The van der Waals surface area contributed by atoms with Crippen molar-refractivity contribution in [1.29, 1.82) is 0 Å². The van der Waals surface area contributed by atoms with Crippen LogP contribution in [0.3, 0.4) is 0 Å². The van der Waals surface area contributed by atoms with E-state index in [0.717, 1.165) is 0 Å². The smallest absolute Gasteiger partial charge is 0.106 e. The third-order valence-corrected chi connectivity index (χ3v) is 4.50. The van der Waals surface area contributed by atoms with Crippen LogP contribution in [-0.2, 0) is 0 Å². The van der Waals surface area contributed by atoms with E-state index in [1.165, 1.54) is 0 Å². The zero-order valence-electron chi connectivity index (χ0n) is 2.41. The molecule has 0 radical (unpaired) electrons. The Bertz CT molecular complexity index is 57.8. The highest BCUT2D eigenvalue weighted by atomic mass is 29.1. The van der Waals surface area contributed by atoms with Crippen LogP contribution in [0, 0.1) is 11.1 Å². The van der Waals surface area contributed by atoms with E-state index in [1.807, 2.05) is 0 Å². The van der Waals surface area contributed by atoms with Crippen LogP contribution in [0.1, 0.15) is 0 Å². The SMILES string of the molecule is C1#C[SiH2][SiH2]1. The molecule has 0 amide bonds. The van der Waals surface area contributed by atoms with E-state index in [0.29, 0.717) is 18.1 Å². The van der Waals surface area contributed by atoms with E-state index >= 15 is 0 Å². The van der Waals surface area contributed by atoms with Crippen molar-refractivity contribution >= 4 is 18.1 Å². The number of hydrogen-bond donors (Lipinski definition) is 0. The maximum atomic E-state index is 3.06. The van der Waals surface area contributed by atoms with E-state index in [-0.39, 0.29) is 0 Å². The van der Waals surface area contributed by atoms with Crippen molar-refractivity contribution in [2.75, 3.05) is 0 Å². The molecule has 1 heterocycles. The van der Waals surface area contributed by atoms with Gasteiger partial charge >= 0.3 is 0 Å². The van der Waals surface area contributed by atoms with Gasteiger partial charge < -0.3 is 0 Å². The van der Waals surface area contributed by atoms with Crippen molar-refractivity contribution in [3.8, 4) is 11.1 Å². The van der Waals surface area contributed by atoms with Gasteiger partial charge in [0.1, 0.15) is 18.1 Å². The molecule has 0 bridgehead atoms. The van der Waals surface area contributed by atoms with Gasteiger partial charge in [-0.2, -0.15) is 0 Å². The van der Waals surface area contributed by atoms with Gasteiger partial charge in [0.2, 0.25) is 0 Å². The second-order valence-electron chi connectivity index (χ2n) is 0.854. The molecule has 0 N–H and O–H groups in total. The van der Waals surface area contributed by atoms with Crippen molar-refractivity contribution in [1.82, 2.24) is 0 Å². The average Bonchev–Trinajstić information content (AvgIpc) is 0.722. The van der Waals surface area contributed by atoms with Crippen LogP contribution in [0.2, 0.25) is 0 Å². The molecule has 2 heteroatoms. The lowest BCUT2D eigenvalue weighted by atomic mass is 11.4. The van der Waals surface area contributed by atoms with Gasteiger partial charge in [0, 0.05) is 0 Å². The van der Waals surface area contributed by atoms with Gasteiger partial charge in [-0.1, -0.05) is 0 Å². The molecular formula is C2H4Si2. The summed E-state index contributed by atoms with van der Waals surface area (Å²) < 4.78 is 0. The predicted molar refractivity (Wildman–Crippen MR) is 24.9 cm³/mol. The molecule has 0 nitrogen and oxygen atoms in total. The fraction of sp³-hybridized carbons (Fsp3) is 0. The van der Waals surface area contributed by atoms with E-state index in [9.17, 15) is 0 Å². The first kappa shape index (κ1) is 2.24. The van der Waals surface area contributed by atoms with Crippen LogP contribution in [-0.4, -0.2) is 18.1 Å². The zero-order valence-corrected chi connectivity index (χ0v) is 5.24. The Balaban J connectivity index is 2.69. The zero-order chi connectivity index (χ0) is 2.83. The summed E-state index contributed by atoms with van der Waals surface area (Å²) in [5.74, 6) is 0. The molecule has 0 atom stereocenters. The fourth-order valence-corrected chi connectivity index (χ4v) is 1.12. The maximum Gasteiger partial charge on any atom is 0.106 e. The molecule has 1 aliphatic rings. The van der Waals surface area contributed by atoms with Gasteiger partial charge in [0.05, 0.1) is 0 Å². The lowest BCUT2D eigenvalue weighted by Gasteiger charge is -1.81. The monoisotopic (exact) mass is 84.0 g/mol. The van der Waals surface area contributed by atoms with E-state index in [4.69, 9.17) is 0 Å². The summed E-state index contributed by atoms with van der Waals surface area (Å²) in [6.45, 7) is 0. The standard InChI is InChI=1S/C2H4Si2/c1-2-4-3-1/h3-4H2. The minimum atomic E-state index is 0.383. The molecule has 0 spiro atoms. The maximum absolute atomic E-state index is 3.06. The van der Waals surface area contributed by atoms with Gasteiger partial charge in [0.15, 0.2) is 0 Å². The Labute approximate surface area is 30.0 Å². The molecule has 20 valence electrons. The van der Waals surface area contributed by atoms with Crippen molar-refractivity contribution in [3.05, 3.63) is 0 Å². The summed E-state index contributed by atoms with van der Waals surface area (Å²) in [6.07, 6.45) is 0. The van der Waals surface area contributed by atoms with E-state index in [2.05, 4.69) is 11.1 Å². The fourth-order valence-electron chi connectivity index (χ4n) is 0.125. The molecule has 0 saturated carbocycles. The van der Waals surface area contributed by atoms with Crippen molar-refractivity contribution in [2.24, 2.45) is 0 Å². The Kier molecular flexibility index (Phi) is 0.419. The summed E-state index contributed by atoms with van der Waals surface area (Å²) in [4.78, 5) is 0. The molecule has 0 aliphatic carbocycles.